The molecule has 0 rings (SSSR count). The minimum atomic E-state index is -3.40. The maximum Gasteiger partial charge on any atom is 0.268 e. The standard InChI is InChI=1S/C4H7NO3S/c1-8-9(6,7)4-2-3-5/h2,4H2,1H3. The summed E-state index contributed by atoms with van der Waals surface area (Å²) >= 11 is 0. The van der Waals surface area contributed by atoms with Crippen molar-refractivity contribution in [3.63, 3.8) is 0 Å². The van der Waals surface area contributed by atoms with Crippen molar-refractivity contribution in [1.29, 1.82) is 5.26 Å². The molecule has 0 unspecified atom stereocenters. The minimum absolute atomic E-state index is 0.0177. The Labute approximate surface area is 54.2 Å². The van der Waals surface area contributed by atoms with Gasteiger partial charge in [-0.3, -0.25) is 4.18 Å². The van der Waals surface area contributed by atoms with Gasteiger partial charge in [-0.25, -0.2) is 0 Å². The molecule has 9 heavy (non-hydrogen) atoms. The first-order valence-electron chi connectivity index (χ1n) is 2.27. The van der Waals surface area contributed by atoms with Crippen molar-refractivity contribution in [3.05, 3.63) is 0 Å². The Hall–Kier alpha value is -0.600. The summed E-state index contributed by atoms with van der Waals surface area (Å²) in [7, 11) is -2.33. The van der Waals surface area contributed by atoms with Gasteiger partial charge in [0.1, 0.15) is 0 Å². The third-order valence-electron chi connectivity index (χ3n) is 0.718. The van der Waals surface area contributed by atoms with Crippen molar-refractivity contribution < 1.29 is 12.6 Å². The smallest absolute Gasteiger partial charge is 0.268 e. The molecule has 0 spiro atoms. The molecule has 0 aliphatic rings. The van der Waals surface area contributed by atoms with E-state index in [1.54, 1.807) is 6.07 Å². The Balaban J connectivity index is 3.78. The molecule has 0 aliphatic heterocycles. The second kappa shape index (κ2) is 3.43. The molecule has 52 valence electrons. The van der Waals surface area contributed by atoms with E-state index in [2.05, 4.69) is 4.18 Å². The average Bonchev–Trinajstić information content (AvgIpc) is 1.84. The molecule has 0 heterocycles. The fourth-order valence-electron chi connectivity index (χ4n) is 0.254. The Morgan fingerprint density at radius 1 is 1.67 bits per heavy atom. The van der Waals surface area contributed by atoms with Crippen LogP contribution in [0.3, 0.4) is 0 Å². The number of hydrogen-bond acceptors (Lipinski definition) is 4. The van der Waals surface area contributed by atoms with Crippen LogP contribution in [-0.2, 0) is 14.3 Å². The highest BCUT2D eigenvalue weighted by Crippen LogP contribution is 1.91. The second-order valence-electron chi connectivity index (χ2n) is 1.34. The SMILES string of the molecule is COS(=O)(=O)CCC#N. The zero-order chi connectivity index (χ0) is 7.33. The van der Waals surface area contributed by atoms with Crippen LogP contribution < -0.4 is 0 Å². The van der Waals surface area contributed by atoms with E-state index < -0.39 is 10.1 Å². The monoisotopic (exact) mass is 149 g/mol. The first kappa shape index (κ1) is 8.40. The quantitative estimate of drug-likeness (QED) is 0.524. The lowest BCUT2D eigenvalue weighted by atomic mass is 10.6. The Morgan fingerprint density at radius 2 is 2.22 bits per heavy atom. The summed E-state index contributed by atoms with van der Waals surface area (Å²) in [6, 6.07) is 1.70. The molecule has 0 saturated heterocycles. The molecule has 0 aliphatic carbocycles. The fraction of sp³-hybridized carbons (Fsp3) is 0.750. The van der Waals surface area contributed by atoms with Gasteiger partial charge in [-0.1, -0.05) is 0 Å². The lowest BCUT2D eigenvalue weighted by Crippen LogP contribution is -2.06. The lowest BCUT2D eigenvalue weighted by molar-refractivity contribution is 0.398. The van der Waals surface area contributed by atoms with E-state index in [4.69, 9.17) is 5.26 Å². The summed E-state index contributed by atoms with van der Waals surface area (Å²) < 4.78 is 24.8. The van der Waals surface area contributed by atoms with E-state index in [0.717, 1.165) is 7.11 Å². The van der Waals surface area contributed by atoms with Gasteiger partial charge < -0.3 is 0 Å². The second-order valence-corrected chi connectivity index (χ2v) is 3.19. The summed E-state index contributed by atoms with van der Waals surface area (Å²) in [5.74, 6) is -0.222. The van der Waals surface area contributed by atoms with Gasteiger partial charge in [0.2, 0.25) is 0 Å². The normalized spacial score (nSPS) is 10.7. The highest BCUT2D eigenvalue weighted by atomic mass is 32.2. The van der Waals surface area contributed by atoms with Gasteiger partial charge >= 0.3 is 0 Å². The molecule has 0 bridgehead atoms. The summed E-state index contributed by atoms with van der Waals surface area (Å²) in [5, 5.41) is 7.96. The van der Waals surface area contributed by atoms with E-state index in [1.165, 1.54) is 0 Å². The van der Waals surface area contributed by atoms with Crippen molar-refractivity contribution in [2.75, 3.05) is 12.9 Å². The van der Waals surface area contributed by atoms with E-state index in [9.17, 15) is 8.42 Å². The summed E-state index contributed by atoms with van der Waals surface area (Å²) in [5.41, 5.74) is 0. The van der Waals surface area contributed by atoms with Crippen LogP contribution in [0.25, 0.3) is 0 Å². The lowest BCUT2D eigenvalue weighted by Gasteiger charge is -1.93. The van der Waals surface area contributed by atoms with Gasteiger partial charge in [0.15, 0.2) is 0 Å². The molecule has 0 saturated carbocycles. The molecule has 0 N–H and O–H groups in total. The third-order valence-corrected chi connectivity index (χ3v) is 1.93. The van der Waals surface area contributed by atoms with Crippen molar-refractivity contribution in [3.8, 4) is 6.07 Å². The van der Waals surface area contributed by atoms with Crippen LogP contribution in [0, 0.1) is 11.3 Å². The van der Waals surface area contributed by atoms with Crippen LogP contribution in [0.2, 0.25) is 0 Å². The zero-order valence-corrected chi connectivity index (χ0v) is 5.81. The first-order chi connectivity index (χ1) is 4.12. The molecule has 5 heteroatoms. The fourth-order valence-corrected chi connectivity index (χ4v) is 0.762. The molecule has 0 aromatic rings. The molecule has 0 atom stereocenters. The number of hydrogen-bond donors (Lipinski definition) is 0. The Kier molecular flexibility index (Phi) is 3.20. The summed E-state index contributed by atoms with van der Waals surface area (Å²) in [6.45, 7) is 0. The van der Waals surface area contributed by atoms with Crippen molar-refractivity contribution >= 4 is 10.1 Å². The van der Waals surface area contributed by atoms with E-state index in [0.29, 0.717) is 0 Å². The summed E-state index contributed by atoms with van der Waals surface area (Å²) in [4.78, 5) is 0. The van der Waals surface area contributed by atoms with Gasteiger partial charge in [-0.2, -0.15) is 13.7 Å². The molecule has 0 amide bonds. The Morgan fingerprint density at radius 3 is 2.56 bits per heavy atom. The number of nitrogens with zero attached hydrogens (tertiary/aromatic N) is 1. The molecule has 0 fully saturated rings. The molecule has 0 radical (unpaired) electrons. The van der Waals surface area contributed by atoms with Crippen molar-refractivity contribution in [1.82, 2.24) is 0 Å². The van der Waals surface area contributed by atoms with Crippen LogP contribution in [0.1, 0.15) is 6.42 Å². The van der Waals surface area contributed by atoms with Crippen LogP contribution in [0.5, 0.6) is 0 Å². The highest BCUT2D eigenvalue weighted by molar-refractivity contribution is 7.86. The zero-order valence-electron chi connectivity index (χ0n) is 4.99. The van der Waals surface area contributed by atoms with Crippen LogP contribution in [-0.4, -0.2) is 21.3 Å². The number of nitriles is 1. The Bertz CT molecular complexity index is 200. The molecule has 0 aromatic carbocycles. The predicted molar refractivity (Wildman–Crippen MR) is 31.0 cm³/mol. The topological polar surface area (TPSA) is 67.2 Å². The predicted octanol–water partition coefficient (Wildman–Crippen LogP) is -0.124. The average molecular weight is 149 g/mol. The van der Waals surface area contributed by atoms with Crippen molar-refractivity contribution in [2.45, 2.75) is 6.42 Å². The maximum absolute atomic E-state index is 10.4. The van der Waals surface area contributed by atoms with Crippen LogP contribution in [0.15, 0.2) is 0 Å². The van der Waals surface area contributed by atoms with E-state index in [-0.39, 0.29) is 12.2 Å². The van der Waals surface area contributed by atoms with Gasteiger partial charge in [-0.05, 0) is 0 Å². The molecule has 4 nitrogen and oxygen atoms in total. The molecular weight excluding hydrogens is 142 g/mol. The van der Waals surface area contributed by atoms with Gasteiger partial charge in [-0.15, -0.1) is 0 Å². The number of rotatable bonds is 3. The summed E-state index contributed by atoms with van der Waals surface area (Å²) in [6.07, 6.45) is -0.0177. The first-order valence-corrected chi connectivity index (χ1v) is 3.85. The van der Waals surface area contributed by atoms with E-state index in [1.807, 2.05) is 0 Å². The van der Waals surface area contributed by atoms with Gasteiger partial charge in [0, 0.05) is 0 Å². The van der Waals surface area contributed by atoms with E-state index >= 15 is 0 Å². The molecule has 0 aromatic heterocycles. The van der Waals surface area contributed by atoms with Crippen molar-refractivity contribution in [2.24, 2.45) is 0 Å². The van der Waals surface area contributed by atoms with Crippen LogP contribution >= 0.6 is 0 Å². The largest absolute Gasteiger partial charge is 0.273 e. The minimum Gasteiger partial charge on any atom is -0.273 e. The highest BCUT2D eigenvalue weighted by Gasteiger charge is 2.05. The molecular formula is C4H7NO3S. The van der Waals surface area contributed by atoms with Crippen LogP contribution in [0.4, 0.5) is 0 Å². The maximum atomic E-state index is 10.4. The van der Waals surface area contributed by atoms with Gasteiger partial charge in [0.05, 0.1) is 25.4 Å². The third kappa shape index (κ3) is 3.94. The van der Waals surface area contributed by atoms with Gasteiger partial charge in [0.25, 0.3) is 10.1 Å².